The van der Waals surface area contributed by atoms with Crippen molar-refractivity contribution in [3.8, 4) is 0 Å². The summed E-state index contributed by atoms with van der Waals surface area (Å²) in [6, 6.07) is 0. The Morgan fingerprint density at radius 3 is 2.44 bits per heavy atom. The highest BCUT2D eigenvalue weighted by Gasteiger charge is 2.55. The minimum absolute atomic E-state index is 0.0976. The van der Waals surface area contributed by atoms with E-state index in [0.717, 1.165) is 48.3 Å². The van der Waals surface area contributed by atoms with Crippen LogP contribution in [0.15, 0.2) is 11.1 Å². The summed E-state index contributed by atoms with van der Waals surface area (Å²) in [7, 11) is 0. The number of allylic oxidation sites excluding steroid dienone is 2. The van der Waals surface area contributed by atoms with Gasteiger partial charge < -0.3 is 4.74 Å². The van der Waals surface area contributed by atoms with Crippen molar-refractivity contribution in [2.75, 3.05) is 0 Å². The van der Waals surface area contributed by atoms with Crippen molar-refractivity contribution in [2.24, 2.45) is 46.3 Å². The number of esters is 1. The lowest BCUT2D eigenvalue weighted by molar-refractivity contribution is -0.152. The molecule has 0 bridgehead atoms. The van der Waals surface area contributed by atoms with Gasteiger partial charge in [0.25, 0.3) is 0 Å². The number of carbonyl (C=O) groups excluding carboxylic acids is 1. The molecule has 2 nitrogen and oxygen atoms in total. The zero-order valence-corrected chi connectivity index (χ0v) is 22.1. The van der Waals surface area contributed by atoms with Crippen LogP contribution in [0, 0.1) is 46.3 Å². The Balaban J connectivity index is 1.50. The van der Waals surface area contributed by atoms with Gasteiger partial charge >= 0.3 is 5.97 Å². The van der Waals surface area contributed by atoms with E-state index >= 15 is 0 Å². The van der Waals surface area contributed by atoms with Gasteiger partial charge in [-0.05, 0) is 104 Å². The first-order chi connectivity index (χ1) is 15.1. The van der Waals surface area contributed by atoms with Crippen molar-refractivity contribution >= 4 is 5.97 Å². The van der Waals surface area contributed by atoms with E-state index in [9.17, 15) is 4.79 Å². The van der Waals surface area contributed by atoms with Gasteiger partial charge in [0.2, 0.25) is 0 Å². The van der Waals surface area contributed by atoms with Crippen molar-refractivity contribution in [1.29, 1.82) is 0 Å². The van der Waals surface area contributed by atoms with Gasteiger partial charge in [-0.25, -0.2) is 0 Å². The molecule has 0 aromatic carbocycles. The molecule has 4 aliphatic rings. The van der Waals surface area contributed by atoms with E-state index in [1.165, 1.54) is 57.8 Å². The maximum Gasteiger partial charge on any atom is 0.302 e. The van der Waals surface area contributed by atoms with Crippen LogP contribution < -0.4 is 0 Å². The first-order valence-corrected chi connectivity index (χ1v) is 14.0. The summed E-state index contributed by atoms with van der Waals surface area (Å²) in [6.07, 6.45) is 14.6. The fraction of sp³-hybridized carbons (Fsp3) is 0.900. The molecule has 3 fully saturated rings. The Morgan fingerprint density at radius 1 is 1.00 bits per heavy atom. The first kappa shape index (κ1) is 24.3. The minimum Gasteiger partial charge on any atom is -0.463 e. The first-order valence-electron chi connectivity index (χ1n) is 14.0. The molecule has 4 aliphatic carbocycles. The van der Waals surface area contributed by atoms with E-state index in [4.69, 9.17) is 4.74 Å². The molecule has 8 atom stereocenters. The Morgan fingerprint density at radius 2 is 1.75 bits per heavy atom. The average molecular weight is 443 g/mol. The second-order valence-electron chi connectivity index (χ2n) is 13.2. The highest BCUT2D eigenvalue weighted by Crippen LogP contribution is 2.66. The van der Waals surface area contributed by atoms with Crippen molar-refractivity contribution < 1.29 is 9.53 Å². The van der Waals surface area contributed by atoms with E-state index in [2.05, 4.69) is 41.5 Å². The van der Waals surface area contributed by atoms with Gasteiger partial charge in [0.05, 0.1) is 0 Å². The van der Waals surface area contributed by atoms with Crippen LogP contribution in [0.3, 0.4) is 0 Å². The number of hydrogen-bond acceptors (Lipinski definition) is 2. The van der Waals surface area contributed by atoms with Gasteiger partial charge in [-0.15, -0.1) is 0 Å². The number of fused-ring (bicyclic) bond motifs is 4. The Hall–Kier alpha value is -0.790. The molecule has 0 aromatic heterocycles. The molecule has 182 valence electrons. The second kappa shape index (κ2) is 9.10. The zero-order chi connectivity index (χ0) is 23.3. The van der Waals surface area contributed by atoms with Gasteiger partial charge in [-0.2, -0.15) is 0 Å². The summed E-state index contributed by atoms with van der Waals surface area (Å²) in [5.41, 5.74) is 4.69. The summed E-state index contributed by atoms with van der Waals surface area (Å²) in [5.74, 6) is 4.81. The van der Waals surface area contributed by atoms with E-state index in [-0.39, 0.29) is 12.1 Å². The topological polar surface area (TPSA) is 26.3 Å². The monoisotopic (exact) mass is 442 g/mol. The molecule has 0 radical (unpaired) electrons. The third-order valence-corrected chi connectivity index (χ3v) is 11.3. The van der Waals surface area contributed by atoms with Gasteiger partial charge in [0.15, 0.2) is 0 Å². The number of ether oxygens (including phenoxy) is 1. The molecule has 0 saturated heterocycles. The lowest BCUT2D eigenvalue weighted by Crippen LogP contribution is -2.48. The van der Waals surface area contributed by atoms with E-state index in [1.54, 1.807) is 6.92 Å². The average Bonchev–Trinajstić information content (AvgIpc) is 3.08. The van der Waals surface area contributed by atoms with Crippen LogP contribution in [-0.4, -0.2) is 12.1 Å². The van der Waals surface area contributed by atoms with Crippen molar-refractivity contribution in [3.05, 3.63) is 11.1 Å². The molecular formula is C30H50O2. The lowest BCUT2D eigenvalue weighted by atomic mass is 9.48. The molecule has 0 spiro atoms. The van der Waals surface area contributed by atoms with E-state index in [1.807, 2.05) is 11.1 Å². The molecule has 0 aromatic rings. The summed E-state index contributed by atoms with van der Waals surface area (Å²) in [6.45, 7) is 16.6. The molecule has 2 heteroatoms. The predicted molar refractivity (Wildman–Crippen MR) is 133 cm³/mol. The third kappa shape index (κ3) is 4.22. The standard InChI is InChI=1S/C30H50O2/c1-19(2)20(3)8-9-21(4)26-12-13-27-25-11-10-23-18-24(32-22(5)31)14-16-29(23,6)28(25)15-17-30(26,27)7/h19-21,23-24,26,28H,8-18H2,1-7H3/t20-,21+,23-,24+,26+,28+,29-,30+/m0/s1. The molecule has 0 heterocycles. The molecular weight excluding hydrogens is 392 g/mol. The highest BCUT2D eigenvalue weighted by atomic mass is 16.5. The SMILES string of the molecule is CC(=O)O[C@@H]1CC[C@@]2(C)[C@@H](CCC3=C4CC[C@H]([C@H](C)CC[C@H](C)C(C)C)[C@@]4(C)CC[C@H]32)C1. The van der Waals surface area contributed by atoms with Gasteiger partial charge in [-0.1, -0.05) is 65.5 Å². The largest absolute Gasteiger partial charge is 0.463 e. The number of hydrogen-bond donors (Lipinski definition) is 0. The summed E-state index contributed by atoms with van der Waals surface area (Å²) in [5, 5.41) is 0. The second-order valence-corrected chi connectivity index (χ2v) is 13.2. The maximum absolute atomic E-state index is 11.5. The fourth-order valence-electron chi connectivity index (χ4n) is 8.80. The van der Waals surface area contributed by atoms with E-state index < -0.39 is 0 Å². The Labute approximate surface area is 198 Å². The Bertz CT molecular complexity index is 735. The normalized spacial score (nSPS) is 41.0. The molecule has 0 aliphatic heterocycles. The van der Waals surface area contributed by atoms with Gasteiger partial charge in [-0.3, -0.25) is 4.79 Å². The molecule has 0 N–H and O–H groups in total. The van der Waals surface area contributed by atoms with Crippen LogP contribution in [0.1, 0.15) is 119 Å². The maximum atomic E-state index is 11.5. The van der Waals surface area contributed by atoms with Crippen LogP contribution in [0.4, 0.5) is 0 Å². The van der Waals surface area contributed by atoms with E-state index in [0.29, 0.717) is 10.8 Å². The minimum atomic E-state index is -0.0976. The highest BCUT2D eigenvalue weighted by molar-refractivity contribution is 5.66. The summed E-state index contributed by atoms with van der Waals surface area (Å²) in [4.78, 5) is 11.5. The predicted octanol–water partition coefficient (Wildman–Crippen LogP) is 8.35. The van der Waals surface area contributed by atoms with Crippen LogP contribution in [-0.2, 0) is 9.53 Å². The van der Waals surface area contributed by atoms with Crippen molar-refractivity contribution in [1.82, 2.24) is 0 Å². The number of carbonyl (C=O) groups is 1. The van der Waals surface area contributed by atoms with Crippen LogP contribution in [0.25, 0.3) is 0 Å². The van der Waals surface area contributed by atoms with Gasteiger partial charge in [0, 0.05) is 6.92 Å². The van der Waals surface area contributed by atoms with Crippen LogP contribution in [0.2, 0.25) is 0 Å². The fourth-order valence-corrected chi connectivity index (χ4v) is 8.80. The van der Waals surface area contributed by atoms with Crippen molar-refractivity contribution in [3.63, 3.8) is 0 Å². The zero-order valence-electron chi connectivity index (χ0n) is 22.1. The lowest BCUT2D eigenvalue weighted by Gasteiger charge is -2.57. The van der Waals surface area contributed by atoms with Crippen molar-refractivity contribution in [2.45, 2.75) is 125 Å². The van der Waals surface area contributed by atoms with Crippen LogP contribution in [0.5, 0.6) is 0 Å². The Kier molecular flexibility index (Phi) is 6.92. The number of rotatable bonds is 6. The molecule has 0 unspecified atom stereocenters. The quantitative estimate of drug-likeness (QED) is 0.305. The molecule has 0 amide bonds. The van der Waals surface area contributed by atoms with Gasteiger partial charge in [0.1, 0.15) is 6.10 Å². The smallest absolute Gasteiger partial charge is 0.302 e. The third-order valence-electron chi connectivity index (χ3n) is 11.3. The molecule has 3 saturated carbocycles. The van der Waals surface area contributed by atoms with Crippen LogP contribution >= 0.6 is 0 Å². The summed E-state index contributed by atoms with van der Waals surface area (Å²) < 4.78 is 5.65. The molecule has 32 heavy (non-hydrogen) atoms. The molecule has 4 rings (SSSR count). The summed E-state index contributed by atoms with van der Waals surface area (Å²) >= 11 is 0.